The summed E-state index contributed by atoms with van der Waals surface area (Å²) in [5.74, 6) is 0. The van der Waals surface area contributed by atoms with E-state index in [0.717, 1.165) is 27.6 Å². The Bertz CT molecular complexity index is 633. The quantitative estimate of drug-likeness (QED) is 0.878. The summed E-state index contributed by atoms with van der Waals surface area (Å²) in [4.78, 5) is 6.61. The van der Waals surface area contributed by atoms with Crippen molar-refractivity contribution in [3.63, 3.8) is 0 Å². The number of hydrogen-bond acceptors (Lipinski definition) is 4. The molecule has 0 unspecified atom stereocenters. The second kappa shape index (κ2) is 5.89. The molecule has 4 nitrogen and oxygen atoms in total. The first kappa shape index (κ1) is 13.6. The molecule has 0 aliphatic heterocycles. The van der Waals surface area contributed by atoms with E-state index in [-0.39, 0.29) is 0 Å². The molecule has 0 atom stereocenters. The Kier molecular flexibility index (Phi) is 4.23. The number of nitrogens with two attached hydrogens (primary N) is 1. The highest BCUT2D eigenvalue weighted by Crippen LogP contribution is 2.31. The lowest BCUT2D eigenvalue weighted by Crippen LogP contribution is -2.24. The molecule has 0 aliphatic rings. The van der Waals surface area contributed by atoms with Crippen molar-refractivity contribution in [1.82, 2.24) is 4.98 Å². The second-order valence-corrected chi connectivity index (χ2v) is 5.13. The van der Waals surface area contributed by atoms with Crippen molar-refractivity contribution in [3.05, 3.63) is 28.9 Å². The van der Waals surface area contributed by atoms with Crippen molar-refractivity contribution in [1.29, 1.82) is 5.26 Å². The fourth-order valence-electron chi connectivity index (χ4n) is 2.09. The molecule has 0 saturated heterocycles. The van der Waals surface area contributed by atoms with Gasteiger partial charge in [-0.3, -0.25) is 4.98 Å². The molecule has 0 aliphatic carbocycles. The number of benzene rings is 1. The average Bonchev–Trinajstić information content (AvgIpc) is 2.42. The second-order valence-electron chi connectivity index (χ2n) is 4.21. The van der Waals surface area contributed by atoms with Crippen LogP contribution in [0.4, 0.5) is 11.4 Å². The number of nitrogens with zero attached hydrogens (tertiary/aromatic N) is 3. The van der Waals surface area contributed by atoms with Crippen LogP contribution in [0.25, 0.3) is 10.9 Å². The van der Waals surface area contributed by atoms with E-state index in [4.69, 9.17) is 11.0 Å². The molecular formula is C14H15BrN4. The van der Waals surface area contributed by atoms with E-state index in [9.17, 15) is 0 Å². The summed E-state index contributed by atoms with van der Waals surface area (Å²) in [5, 5.41) is 9.67. The molecule has 5 heteroatoms. The van der Waals surface area contributed by atoms with Crippen LogP contribution in [0.15, 0.2) is 28.9 Å². The van der Waals surface area contributed by atoms with Crippen LogP contribution < -0.4 is 10.6 Å². The Morgan fingerprint density at radius 1 is 1.47 bits per heavy atom. The van der Waals surface area contributed by atoms with E-state index in [1.165, 1.54) is 0 Å². The highest BCUT2D eigenvalue weighted by molar-refractivity contribution is 9.10. The molecular weight excluding hydrogens is 304 g/mol. The maximum Gasteiger partial charge on any atom is 0.0956 e. The highest BCUT2D eigenvalue weighted by Gasteiger charge is 2.11. The van der Waals surface area contributed by atoms with Gasteiger partial charge >= 0.3 is 0 Å². The van der Waals surface area contributed by atoms with Crippen molar-refractivity contribution in [2.45, 2.75) is 13.3 Å². The maximum absolute atomic E-state index is 8.73. The predicted octanol–water partition coefficient (Wildman–Crippen LogP) is 3.32. The van der Waals surface area contributed by atoms with Gasteiger partial charge in [-0.1, -0.05) is 0 Å². The van der Waals surface area contributed by atoms with Crippen LogP contribution in [-0.2, 0) is 0 Å². The predicted molar refractivity (Wildman–Crippen MR) is 82.0 cm³/mol. The van der Waals surface area contributed by atoms with E-state index >= 15 is 0 Å². The van der Waals surface area contributed by atoms with Gasteiger partial charge in [0.1, 0.15) is 0 Å². The first-order valence-electron chi connectivity index (χ1n) is 6.13. The molecule has 1 aromatic heterocycles. The van der Waals surface area contributed by atoms with Crippen molar-refractivity contribution in [3.8, 4) is 6.07 Å². The third-order valence-corrected chi connectivity index (χ3v) is 3.48. The number of rotatable bonds is 4. The third kappa shape index (κ3) is 2.79. The Morgan fingerprint density at radius 2 is 2.26 bits per heavy atom. The number of nitrogen functional groups attached to an aromatic ring is 1. The van der Waals surface area contributed by atoms with Crippen LogP contribution >= 0.6 is 15.9 Å². The molecule has 0 spiro atoms. The Morgan fingerprint density at radius 3 is 2.95 bits per heavy atom. The molecule has 0 saturated carbocycles. The summed E-state index contributed by atoms with van der Waals surface area (Å²) in [6.45, 7) is 3.60. The number of halogens is 1. The summed E-state index contributed by atoms with van der Waals surface area (Å²) in [7, 11) is 0. The van der Waals surface area contributed by atoms with Gasteiger partial charge in [-0.05, 0) is 41.1 Å². The van der Waals surface area contributed by atoms with Crippen LogP contribution in [0, 0.1) is 11.3 Å². The fourth-order valence-corrected chi connectivity index (χ4v) is 2.42. The van der Waals surface area contributed by atoms with Gasteiger partial charge in [0.2, 0.25) is 0 Å². The van der Waals surface area contributed by atoms with Crippen LogP contribution in [0.3, 0.4) is 0 Å². The van der Waals surface area contributed by atoms with Gasteiger partial charge in [-0.25, -0.2) is 0 Å². The molecule has 98 valence electrons. The minimum absolute atomic E-state index is 0.496. The Balaban J connectivity index is 2.54. The number of hydrogen-bond donors (Lipinski definition) is 1. The summed E-state index contributed by atoms with van der Waals surface area (Å²) < 4.78 is 0.906. The van der Waals surface area contributed by atoms with Gasteiger partial charge in [0.05, 0.1) is 23.7 Å². The molecule has 0 radical (unpaired) electrons. The van der Waals surface area contributed by atoms with E-state index in [1.54, 1.807) is 6.20 Å². The Hall–Kier alpha value is -1.80. The van der Waals surface area contributed by atoms with E-state index in [1.807, 2.05) is 18.2 Å². The van der Waals surface area contributed by atoms with Crippen LogP contribution in [-0.4, -0.2) is 18.1 Å². The lowest BCUT2D eigenvalue weighted by Gasteiger charge is -2.23. The zero-order valence-corrected chi connectivity index (χ0v) is 12.3. The summed E-state index contributed by atoms with van der Waals surface area (Å²) in [6.07, 6.45) is 2.26. The summed E-state index contributed by atoms with van der Waals surface area (Å²) >= 11 is 3.41. The molecule has 2 aromatic rings. The van der Waals surface area contributed by atoms with Crippen molar-refractivity contribution in [2.75, 3.05) is 23.7 Å². The lowest BCUT2D eigenvalue weighted by molar-refractivity contribution is 0.829. The Labute approximate surface area is 121 Å². The molecule has 0 amide bonds. The number of anilines is 2. The van der Waals surface area contributed by atoms with Gasteiger partial charge in [-0.15, -0.1) is 0 Å². The monoisotopic (exact) mass is 318 g/mol. The highest BCUT2D eigenvalue weighted by atomic mass is 79.9. The largest absolute Gasteiger partial charge is 0.398 e. The number of pyridine rings is 1. The normalized spacial score (nSPS) is 10.4. The summed E-state index contributed by atoms with van der Waals surface area (Å²) in [6, 6.07) is 8.01. The van der Waals surface area contributed by atoms with Gasteiger partial charge in [0.15, 0.2) is 0 Å². The fraction of sp³-hybridized carbons (Fsp3) is 0.286. The molecule has 0 bridgehead atoms. The number of aromatic nitrogens is 1. The van der Waals surface area contributed by atoms with E-state index < -0.39 is 0 Å². The topological polar surface area (TPSA) is 65.9 Å². The lowest BCUT2D eigenvalue weighted by atomic mass is 10.1. The average molecular weight is 319 g/mol. The first-order valence-corrected chi connectivity index (χ1v) is 6.92. The van der Waals surface area contributed by atoms with Crippen LogP contribution in [0.2, 0.25) is 0 Å². The number of nitriles is 1. The molecule has 0 fully saturated rings. The first-order chi connectivity index (χ1) is 9.17. The molecule has 1 heterocycles. The number of fused-ring (bicyclic) bond motifs is 1. The van der Waals surface area contributed by atoms with Crippen molar-refractivity contribution < 1.29 is 0 Å². The van der Waals surface area contributed by atoms with Crippen molar-refractivity contribution in [2.24, 2.45) is 0 Å². The minimum atomic E-state index is 0.496. The third-order valence-electron chi connectivity index (χ3n) is 3.04. The SMILES string of the molecule is CCN(CCC#N)c1ccc(N)c2cc(Br)cnc12. The standard InChI is InChI=1S/C14H15BrN4/c1-2-19(7-3-6-16)13-5-4-12(17)11-8-10(15)9-18-14(11)13/h4-5,8-9H,2-3,7,17H2,1H3. The van der Waals surface area contributed by atoms with Crippen molar-refractivity contribution >= 4 is 38.2 Å². The molecule has 1 aromatic carbocycles. The van der Waals surface area contributed by atoms with Gasteiger partial charge < -0.3 is 10.6 Å². The van der Waals surface area contributed by atoms with Gasteiger partial charge in [0.25, 0.3) is 0 Å². The van der Waals surface area contributed by atoms with Crippen LogP contribution in [0.1, 0.15) is 13.3 Å². The van der Waals surface area contributed by atoms with E-state index in [0.29, 0.717) is 18.7 Å². The molecule has 2 N–H and O–H groups in total. The van der Waals surface area contributed by atoms with Gasteiger partial charge in [0, 0.05) is 34.8 Å². The molecule has 19 heavy (non-hydrogen) atoms. The van der Waals surface area contributed by atoms with Crippen LogP contribution in [0.5, 0.6) is 0 Å². The smallest absolute Gasteiger partial charge is 0.0956 e. The molecule has 2 rings (SSSR count). The zero-order chi connectivity index (χ0) is 13.8. The summed E-state index contributed by atoms with van der Waals surface area (Å²) in [5.41, 5.74) is 8.62. The van der Waals surface area contributed by atoms with E-state index in [2.05, 4.69) is 38.8 Å². The minimum Gasteiger partial charge on any atom is -0.398 e. The zero-order valence-electron chi connectivity index (χ0n) is 10.7. The van der Waals surface area contributed by atoms with Gasteiger partial charge in [-0.2, -0.15) is 5.26 Å². The maximum atomic E-state index is 8.73.